The van der Waals surface area contributed by atoms with E-state index >= 15 is 0 Å². The number of aliphatic hydroxyl groups is 1. The molecule has 1 fully saturated rings. The third-order valence-electron chi connectivity index (χ3n) is 5.84. The smallest absolute Gasteiger partial charge is 0.410 e. The summed E-state index contributed by atoms with van der Waals surface area (Å²) in [7, 11) is 0. The van der Waals surface area contributed by atoms with Crippen molar-refractivity contribution < 1.29 is 24.5 Å². The SMILES string of the molecule is CC(C)(C)OC(=O)N1CCc2nc(N3CCN(c4ncc(C(=O)O)c(N)n4)[C@@H](CO)C3)ncc2C1. The summed E-state index contributed by atoms with van der Waals surface area (Å²) in [5.74, 6) is -0.509. The summed E-state index contributed by atoms with van der Waals surface area (Å²) in [5, 5.41) is 19.2. The van der Waals surface area contributed by atoms with Crippen molar-refractivity contribution >= 4 is 29.8 Å². The van der Waals surface area contributed by atoms with Gasteiger partial charge in [0.15, 0.2) is 0 Å². The molecule has 0 spiro atoms. The van der Waals surface area contributed by atoms with E-state index in [1.807, 2.05) is 25.7 Å². The number of aliphatic hydroxyl groups excluding tert-OH is 1. The molecule has 0 radical (unpaired) electrons. The Morgan fingerprint density at radius 3 is 2.54 bits per heavy atom. The maximum absolute atomic E-state index is 12.4. The molecule has 0 aromatic carbocycles. The molecule has 4 N–H and O–H groups in total. The van der Waals surface area contributed by atoms with Crippen LogP contribution in [-0.4, -0.2) is 91.5 Å². The average molecular weight is 487 g/mol. The van der Waals surface area contributed by atoms with Crippen LogP contribution in [-0.2, 0) is 17.7 Å². The van der Waals surface area contributed by atoms with Crippen LogP contribution in [0.2, 0.25) is 0 Å². The highest BCUT2D eigenvalue weighted by molar-refractivity contribution is 5.92. The van der Waals surface area contributed by atoms with E-state index in [0.29, 0.717) is 45.1 Å². The Kier molecular flexibility index (Phi) is 6.61. The number of carbonyl (C=O) groups excluding carboxylic acids is 1. The molecule has 13 heteroatoms. The van der Waals surface area contributed by atoms with Crippen molar-refractivity contribution in [3.05, 3.63) is 29.2 Å². The first-order chi connectivity index (χ1) is 16.6. The molecule has 1 saturated heterocycles. The van der Waals surface area contributed by atoms with Crippen LogP contribution in [0.4, 0.5) is 22.5 Å². The summed E-state index contributed by atoms with van der Waals surface area (Å²) in [6.45, 7) is 7.67. The number of aromatic nitrogens is 4. The van der Waals surface area contributed by atoms with Crippen molar-refractivity contribution in [3.8, 4) is 0 Å². The lowest BCUT2D eigenvalue weighted by molar-refractivity contribution is 0.0222. The van der Waals surface area contributed by atoms with Crippen LogP contribution in [0.15, 0.2) is 12.4 Å². The van der Waals surface area contributed by atoms with E-state index in [1.54, 1.807) is 16.0 Å². The quantitative estimate of drug-likeness (QED) is 0.548. The summed E-state index contributed by atoms with van der Waals surface area (Å²) in [5.41, 5.74) is 6.82. The molecule has 2 aromatic heterocycles. The maximum Gasteiger partial charge on any atom is 0.410 e. The van der Waals surface area contributed by atoms with Crippen molar-refractivity contribution in [2.24, 2.45) is 0 Å². The van der Waals surface area contributed by atoms with E-state index in [1.165, 1.54) is 6.20 Å². The fourth-order valence-electron chi connectivity index (χ4n) is 4.09. The predicted octanol–water partition coefficient (Wildman–Crippen LogP) is 0.528. The summed E-state index contributed by atoms with van der Waals surface area (Å²) < 4.78 is 5.47. The lowest BCUT2D eigenvalue weighted by atomic mass is 10.1. The molecule has 0 unspecified atom stereocenters. The molecule has 1 atom stereocenters. The Morgan fingerprint density at radius 2 is 1.89 bits per heavy atom. The zero-order valence-corrected chi connectivity index (χ0v) is 20.0. The van der Waals surface area contributed by atoms with Gasteiger partial charge in [0.05, 0.1) is 24.9 Å². The normalized spacial score (nSPS) is 18.3. The lowest BCUT2D eigenvalue weighted by Crippen LogP contribution is -2.56. The molecule has 0 saturated carbocycles. The third-order valence-corrected chi connectivity index (χ3v) is 5.84. The molecule has 188 valence electrons. The summed E-state index contributed by atoms with van der Waals surface area (Å²) in [4.78, 5) is 46.5. The summed E-state index contributed by atoms with van der Waals surface area (Å²) in [6.07, 6.45) is 3.15. The van der Waals surface area contributed by atoms with Crippen LogP contribution >= 0.6 is 0 Å². The first kappa shape index (κ1) is 24.4. The second-order valence-corrected chi connectivity index (χ2v) is 9.54. The number of hydrogen-bond donors (Lipinski definition) is 3. The van der Waals surface area contributed by atoms with E-state index in [0.717, 1.165) is 11.3 Å². The number of aromatic carboxylic acids is 1. The van der Waals surface area contributed by atoms with Gasteiger partial charge in [-0.1, -0.05) is 0 Å². The number of carbonyl (C=O) groups is 2. The molecule has 0 aliphatic carbocycles. The molecule has 35 heavy (non-hydrogen) atoms. The minimum absolute atomic E-state index is 0.125. The number of piperazine rings is 1. The fraction of sp³-hybridized carbons (Fsp3) is 0.545. The largest absolute Gasteiger partial charge is 0.477 e. The average Bonchev–Trinajstić information content (AvgIpc) is 2.81. The van der Waals surface area contributed by atoms with E-state index in [9.17, 15) is 14.7 Å². The molecule has 4 heterocycles. The first-order valence-electron chi connectivity index (χ1n) is 11.4. The Morgan fingerprint density at radius 1 is 1.14 bits per heavy atom. The van der Waals surface area contributed by atoms with Gasteiger partial charge in [-0.25, -0.2) is 24.5 Å². The zero-order chi connectivity index (χ0) is 25.3. The molecule has 13 nitrogen and oxygen atoms in total. The van der Waals surface area contributed by atoms with Crippen LogP contribution in [0.25, 0.3) is 0 Å². The van der Waals surface area contributed by atoms with Gasteiger partial charge in [0.1, 0.15) is 17.0 Å². The summed E-state index contributed by atoms with van der Waals surface area (Å²) >= 11 is 0. The molecular formula is C22H30N8O5. The van der Waals surface area contributed by atoms with Crippen LogP contribution in [0.5, 0.6) is 0 Å². The number of amides is 1. The number of anilines is 3. The van der Waals surface area contributed by atoms with Gasteiger partial charge < -0.3 is 35.4 Å². The number of fused-ring (bicyclic) bond motifs is 1. The molecular weight excluding hydrogens is 456 g/mol. The minimum Gasteiger partial charge on any atom is -0.477 e. The molecule has 4 rings (SSSR count). The van der Waals surface area contributed by atoms with Gasteiger partial charge in [0.25, 0.3) is 0 Å². The number of hydrogen-bond acceptors (Lipinski definition) is 11. The van der Waals surface area contributed by atoms with E-state index in [2.05, 4.69) is 15.0 Å². The van der Waals surface area contributed by atoms with Crippen LogP contribution in [0.1, 0.15) is 42.4 Å². The van der Waals surface area contributed by atoms with Crippen LogP contribution in [0, 0.1) is 0 Å². The topological polar surface area (TPSA) is 171 Å². The predicted molar refractivity (Wildman–Crippen MR) is 126 cm³/mol. The number of nitrogens with zero attached hydrogens (tertiary/aromatic N) is 7. The number of rotatable bonds is 4. The van der Waals surface area contributed by atoms with Crippen molar-refractivity contribution in [2.75, 3.05) is 48.3 Å². The van der Waals surface area contributed by atoms with Gasteiger partial charge >= 0.3 is 12.1 Å². The first-order valence-corrected chi connectivity index (χ1v) is 11.4. The second-order valence-electron chi connectivity index (χ2n) is 9.54. The van der Waals surface area contributed by atoms with E-state index < -0.39 is 11.6 Å². The Hall–Kier alpha value is -3.74. The highest BCUT2D eigenvalue weighted by atomic mass is 16.6. The van der Waals surface area contributed by atoms with Crippen molar-refractivity contribution in [2.45, 2.75) is 45.4 Å². The number of nitrogens with two attached hydrogens (primary N) is 1. The van der Waals surface area contributed by atoms with Gasteiger partial charge in [-0.2, -0.15) is 4.98 Å². The summed E-state index contributed by atoms with van der Waals surface area (Å²) in [6, 6.07) is -0.360. The van der Waals surface area contributed by atoms with Gasteiger partial charge in [-0.3, -0.25) is 0 Å². The fourth-order valence-corrected chi connectivity index (χ4v) is 4.09. The van der Waals surface area contributed by atoms with Crippen molar-refractivity contribution in [3.63, 3.8) is 0 Å². The van der Waals surface area contributed by atoms with Gasteiger partial charge in [-0.15, -0.1) is 0 Å². The van der Waals surface area contributed by atoms with Gasteiger partial charge in [0.2, 0.25) is 11.9 Å². The minimum atomic E-state index is -1.20. The third kappa shape index (κ3) is 5.34. The molecule has 2 aliphatic heterocycles. The number of carboxylic acids is 1. The zero-order valence-electron chi connectivity index (χ0n) is 20.0. The molecule has 2 aliphatic rings. The Bertz CT molecular complexity index is 1120. The maximum atomic E-state index is 12.4. The Balaban J connectivity index is 1.45. The standard InChI is InChI=1S/C22H30N8O5/c1-22(2,3)35-21(34)29-5-4-16-13(10-29)8-24-19(26-16)28-6-7-30(14(11-28)12-31)20-25-9-15(18(32)33)17(23)27-20/h8-9,14,31H,4-7,10-12H2,1-3H3,(H,32,33)(H2,23,25,27)/t14-/m1/s1. The number of ether oxygens (including phenoxy) is 1. The number of carboxylic acid groups (broad SMARTS) is 1. The highest BCUT2D eigenvalue weighted by Gasteiger charge is 2.32. The van der Waals surface area contributed by atoms with Crippen molar-refractivity contribution in [1.82, 2.24) is 24.8 Å². The molecule has 0 bridgehead atoms. The molecule has 2 aromatic rings. The van der Waals surface area contributed by atoms with E-state index in [-0.39, 0.29) is 36.1 Å². The van der Waals surface area contributed by atoms with E-state index in [4.69, 9.17) is 20.6 Å². The Labute approximate surface area is 202 Å². The molecule has 1 amide bonds. The van der Waals surface area contributed by atoms with Crippen LogP contribution in [0.3, 0.4) is 0 Å². The second kappa shape index (κ2) is 9.49. The monoisotopic (exact) mass is 486 g/mol. The van der Waals surface area contributed by atoms with Crippen molar-refractivity contribution in [1.29, 1.82) is 0 Å². The number of nitrogen functional groups attached to an aromatic ring is 1. The van der Waals surface area contributed by atoms with Crippen LogP contribution < -0.4 is 15.5 Å². The van der Waals surface area contributed by atoms with Gasteiger partial charge in [-0.05, 0) is 20.8 Å². The lowest BCUT2D eigenvalue weighted by Gasteiger charge is -2.41. The van der Waals surface area contributed by atoms with Gasteiger partial charge in [0, 0.05) is 50.6 Å². The highest BCUT2D eigenvalue weighted by Crippen LogP contribution is 2.24.